The second-order valence-corrected chi connectivity index (χ2v) is 6.76. The van der Waals surface area contributed by atoms with Crippen LogP contribution in [0, 0.1) is 0 Å². The zero-order valence-electron chi connectivity index (χ0n) is 15.4. The van der Waals surface area contributed by atoms with Crippen LogP contribution >= 0.6 is 0 Å². The van der Waals surface area contributed by atoms with Gasteiger partial charge < -0.3 is 14.1 Å². The summed E-state index contributed by atoms with van der Waals surface area (Å²) in [5.41, 5.74) is 0.914. The van der Waals surface area contributed by atoms with Crippen molar-refractivity contribution in [1.82, 2.24) is 9.88 Å². The molecule has 26 heavy (non-hydrogen) atoms. The van der Waals surface area contributed by atoms with Crippen LogP contribution < -0.4 is 9.64 Å². The van der Waals surface area contributed by atoms with Crippen LogP contribution in [0.5, 0.6) is 5.75 Å². The lowest BCUT2D eigenvalue weighted by Crippen LogP contribution is -2.42. The van der Waals surface area contributed by atoms with Gasteiger partial charge >= 0.3 is 0 Å². The summed E-state index contributed by atoms with van der Waals surface area (Å²) in [5.74, 6) is 0.589. The Hall–Kier alpha value is -2.83. The molecule has 0 spiro atoms. The molecular weight excluding hydrogens is 334 g/mol. The van der Waals surface area contributed by atoms with Crippen LogP contribution in [-0.2, 0) is 11.3 Å². The summed E-state index contributed by atoms with van der Waals surface area (Å²) in [6.45, 7) is 7.96. The maximum atomic E-state index is 12.7. The first-order valence-corrected chi connectivity index (χ1v) is 8.67. The first kappa shape index (κ1) is 18.0. The molecule has 7 heteroatoms. The number of oxazole rings is 1. The van der Waals surface area contributed by atoms with Crippen molar-refractivity contribution in [3.05, 3.63) is 42.1 Å². The third-order valence-electron chi connectivity index (χ3n) is 4.22. The third kappa shape index (κ3) is 3.42. The molecule has 0 radical (unpaired) electrons. The van der Waals surface area contributed by atoms with Gasteiger partial charge in [-0.25, -0.2) is 4.98 Å². The average Bonchev–Trinajstić information content (AvgIpc) is 3.05. The van der Waals surface area contributed by atoms with Gasteiger partial charge in [0.2, 0.25) is 5.89 Å². The van der Waals surface area contributed by atoms with Gasteiger partial charge in [0.1, 0.15) is 18.6 Å². The molecule has 7 nitrogen and oxygen atoms in total. The molecule has 0 aliphatic carbocycles. The molecule has 1 aromatic carbocycles. The van der Waals surface area contributed by atoms with Crippen LogP contribution in [0.1, 0.15) is 44.1 Å². The number of fused-ring (bicyclic) bond motifs is 1. The quantitative estimate of drug-likeness (QED) is 0.822. The molecule has 0 fully saturated rings. The molecule has 138 valence electrons. The minimum absolute atomic E-state index is 0.0298. The monoisotopic (exact) mass is 357 g/mol. The fourth-order valence-electron chi connectivity index (χ4n) is 3.14. The second-order valence-electron chi connectivity index (χ2n) is 6.76. The molecular formula is C19H23N3O4. The van der Waals surface area contributed by atoms with Crippen LogP contribution in [0.25, 0.3) is 0 Å². The van der Waals surface area contributed by atoms with E-state index in [4.69, 9.17) is 9.15 Å². The Bertz CT molecular complexity index is 805. The van der Waals surface area contributed by atoms with E-state index in [0.29, 0.717) is 17.3 Å². The van der Waals surface area contributed by atoms with Crippen LogP contribution in [-0.4, -0.2) is 40.4 Å². The zero-order valence-corrected chi connectivity index (χ0v) is 15.4. The highest BCUT2D eigenvalue weighted by molar-refractivity contribution is 5.97. The van der Waals surface area contributed by atoms with Gasteiger partial charge in [-0.2, -0.15) is 0 Å². The lowest BCUT2D eigenvalue weighted by molar-refractivity contribution is -0.121. The molecule has 0 atom stereocenters. The van der Waals surface area contributed by atoms with E-state index in [-0.39, 0.29) is 42.7 Å². The van der Waals surface area contributed by atoms with E-state index in [9.17, 15) is 9.59 Å². The van der Waals surface area contributed by atoms with Gasteiger partial charge in [0.15, 0.2) is 12.3 Å². The summed E-state index contributed by atoms with van der Waals surface area (Å²) in [7, 11) is 0. The van der Waals surface area contributed by atoms with Crippen molar-refractivity contribution in [2.45, 2.75) is 46.3 Å². The van der Waals surface area contributed by atoms with Crippen molar-refractivity contribution in [2.75, 3.05) is 11.5 Å². The summed E-state index contributed by atoms with van der Waals surface area (Å²) < 4.78 is 10.9. The molecule has 0 bridgehead atoms. The number of carbonyl (C=O) groups is 2. The number of benzene rings is 1. The first-order chi connectivity index (χ1) is 12.4. The van der Waals surface area contributed by atoms with Crippen LogP contribution in [0.2, 0.25) is 0 Å². The number of hydrogen-bond acceptors (Lipinski definition) is 5. The molecule has 2 heterocycles. The fraction of sp³-hybridized carbons (Fsp3) is 0.421. The number of aromatic nitrogens is 1. The molecule has 1 aliphatic rings. The molecule has 2 aromatic rings. The van der Waals surface area contributed by atoms with Gasteiger partial charge in [0.05, 0.1) is 5.69 Å². The number of nitrogens with zero attached hydrogens (tertiary/aromatic N) is 3. The minimum Gasteiger partial charge on any atom is -0.482 e. The Balaban J connectivity index is 1.81. The summed E-state index contributed by atoms with van der Waals surface area (Å²) in [5, 5.41) is 0. The number of ether oxygens (including phenoxy) is 1. The van der Waals surface area contributed by atoms with Gasteiger partial charge in [0.25, 0.3) is 11.8 Å². The molecule has 0 saturated carbocycles. The van der Waals surface area contributed by atoms with E-state index >= 15 is 0 Å². The summed E-state index contributed by atoms with van der Waals surface area (Å²) in [4.78, 5) is 32.6. The lowest BCUT2D eigenvalue weighted by atomic mass is 10.2. The SMILES string of the molecule is CC(C)N(C(=O)c1coc(CN2C(=O)COc3ccccc32)n1)C(C)C. The van der Waals surface area contributed by atoms with Crippen molar-refractivity contribution < 1.29 is 18.7 Å². The third-order valence-corrected chi connectivity index (χ3v) is 4.22. The standard InChI is InChI=1S/C19H23N3O4/c1-12(2)22(13(3)4)19(24)14-10-26-17(20-14)9-21-15-7-5-6-8-16(15)25-11-18(21)23/h5-8,10,12-13H,9,11H2,1-4H3. The fourth-order valence-corrected chi connectivity index (χ4v) is 3.14. The topological polar surface area (TPSA) is 75.9 Å². The minimum atomic E-state index is -0.182. The zero-order chi connectivity index (χ0) is 18.8. The maximum Gasteiger partial charge on any atom is 0.276 e. The van der Waals surface area contributed by atoms with Gasteiger partial charge in [0, 0.05) is 12.1 Å². The Morgan fingerprint density at radius 2 is 1.92 bits per heavy atom. The highest BCUT2D eigenvalue weighted by atomic mass is 16.5. The predicted molar refractivity (Wildman–Crippen MR) is 96.1 cm³/mol. The van der Waals surface area contributed by atoms with Crippen molar-refractivity contribution in [3.63, 3.8) is 0 Å². The molecule has 1 aromatic heterocycles. The van der Waals surface area contributed by atoms with Gasteiger partial charge in [-0.05, 0) is 39.8 Å². The molecule has 0 saturated heterocycles. The summed E-state index contributed by atoms with van der Waals surface area (Å²) >= 11 is 0. The van der Waals surface area contributed by atoms with E-state index in [1.165, 1.54) is 6.26 Å². The summed E-state index contributed by atoms with van der Waals surface area (Å²) in [6, 6.07) is 7.40. The van der Waals surface area contributed by atoms with E-state index in [2.05, 4.69) is 4.98 Å². The molecule has 0 N–H and O–H groups in total. The average molecular weight is 357 g/mol. The Morgan fingerprint density at radius 3 is 2.62 bits per heavy atom. The highest BCUT2D eigenvalue weighted by Gasteiger charge is 2.28. The molecule has 0 unspecified atom stereocenters. The van der Waals surface area contributed by atoms with E-state index in [0.717, 1.165) is 0 Å². The van der Waals surface area contributed by atoms with Gasteiger partial charge in [-0.3, -0.25) is 14.5 Å². The summed E-state index contributed by atoms with van der Waals surface area (Å²) in [6.07, 6.45) is 1.35. The van der Waals surface area contributed by atoms with Crippen molar-refractivity contribution >= 4 is 17.5 Å². The Labute approximate surface area is 152 Å². The largest absolute Gasteiger partial charge is 0.482 e. The predicted octanol–water partition coefficient (Wildman–Crippen LogP) is 2.86. The van der Waals surface area contributed by atoms with Crippen molar-refractivity contribution in [1.29, 1.82) is 0 Å². The highest BCUT2D eigenvalue weighted by Crippen LogP contribution is 2.32. The van der Waals surface area contributed by atoms with E-state index in [1.807, 2.05) is 45.9 Å². The smallest absolute Gasteiger partial charge is 0.276 e. The van der Waals surface area contributed by atoms with E-state index < -0.39 is 0 Å². The number of para-hydroxylation sites is 2. The maximum absolute atomic E-state index is 12.7. The number of rotatable bonds is 5. The van der Waals surface area contributed by atoms with Crippen LogP contribution in [0.3, 0.4) is 0 Å². The van der Waals surface area contributed by atoms with E-state index in [1.54, 1.807) is 15.9 Å². The van der Waals surface area contributed by atoms with Crippen LogP contribution in [0.15, 0.2) is 34.9 Å². The second kappa shape index (κ2) is 7.19. The van der Waals surface area contributed by atoms with Crippen molar-refractivity contribution in [2.24, 2.45) is 0 Å². The Morgan fingerprint density at radius 1 is 1.23 bits per heavy atom. The van der Waals surface area contributed by atoms with Gasteiger partial charge in [-0.15, -0.1) is 0 Å². The van der Waals surface area contributed by atoms with Crippen molar-refractivity contribution in [3.8, 4) is 5.75 Å². The number of amides is 2. The molecule has 3 rings (SSSR count). The Kier molecular flexibility index (Phi) is 4.97. The lowest BCUT2D eigenvalue weighted by Gasteiger charge is -2.29. The first-order valence-electron chi connectivity index (χ1n) is 8.67. The number of hydrogen-bond donors (Lipinski definition) is 0. The number of carbonyl (C=O) groups excluding carboxylic acids is 2. The normalized spacial score (nSPS) is 13.8. The molecule has 2 amide bonds. The van der Waals surface area contributed by atoms with Crippen LogP contribution in [0.4, 0.5) is 5.69 Å². The molecule has 1 aliphatic heterocycles. The van der Waals surface area contributed by atoms with Gasteiger partial charge in [-0.1, -0.05) is 12.1 Å². The number of anilines is 1.